The third-order valence-corrected chi connectivity index (χ3v) is 3.84. The van der Waals surface area contributed by atoms with Crippen LogP contribution in [-0.4, -0.2) is 44.0 Å². The van der Waals surface area contributed by atoms with Gasteiger partial charge in [0.15, 0.2) is 5.96 Å². The number of likely N-dealkylation sites (N-methyl/N-ethyl adjacent to an activating group) is 1. The average Bonchev–Trinajstić information content (AvgIpc) is 3.37. The molecule has 1 fully saturated rings. The number of amides is 1. The van der Waals surface area contributed by atoms with Crippen molar-refractivity contribution in [1.29, 1.82) is 0 Å². The molecule has 2 N–H and O–H groups in total. The van der Waals surface area contributed by atoms with Crippen LogP contribution in [0.4, 0.5) is 13.2 Å². The molecule has 0 spiro atoms. The molecule has 0 aromatic heterocycles. The Morgan fingerprint density at radius 2 is 2.00 bits per heavy atom. The molecule has 138 valence electrons. The van der Waals surface area contributed by atoms with Crippen LogP contribution in [0.15, 0.2) is 29.3 Å². The molecule has 25 heavy (non-hydrogen) atoms. The standard InChI is InChI=1S/C17H23F3N4O/c1-24(2)15(25)11-23-16(21-9-12-6-7-12)22-10-13-4-3-5-14(8-13)17(18,19)20/h3-5,8,12H,6-7,9-11H2,1-2H3,(H2,21,22,23). The maximum atomic E-state index is 12.8. The molecule has 5 nitrogen and oxygen atoms in total. The van der Waals surface area contributed by atoms with E-state index in [1.807, 2.05) is 0 Å². The second-order valence-corrected chi connectivity index (χ2v) is 6.33. The largest absolute Gasteiger partial charge is 0.416 e. The quantitative estimate of drug-likeness (QED) is 0.607. The van der Waals surface area contributed by atoms with Crippen LogP contribution in [0.2, 0.25) is 0 Å². The maximum Gasteiger partial charge on any atom is 0.416 e. The molecule has 0 atom stereocenters. The van der Waals surface area contributed by atoms with Gasteiger partial charge in [0.1, 0.15) is 0 Å². The maximum absolute atomic E-state index is 12.8. The fraction of sp³-hybridized carbons (Fsp3) is 0.529. The summed E-state index contributed by atoms with van der Waals surface area (Å²) in [5.41, 5.74) is -0.232. The molecule has 2 rings (SSSR count). The van der Waals surface area contributed by atoms with Gasteiger partial charge in [-0.15, -0.1) is 0 Å². The van der Waals surface area contributed by atoms with E-state index in [4.69, 9.17) is 0 Å². The molecule has 0 aliphatic heterocycles. The number of nitrogens with one attached hydrogen (secondary N) is 2. The number of halogens is 3. The Labute approximate surface area is 145 Å². The van der Waals surface area contributed by atoms with Gasteiger partial charge in [-0.3, -0.25) is 4.79 Å². The predicted octanol–water partition coefficient (Wildman–Crippen LogP) is 2.24. The van der Waals surface area contributed by atoms with Crippen LogP contribution in [0.1, 0.15) is 24.0 Å². The molecule has 0 saturated heterocycles. The van der Waals surface area contributed by atoms with Crippen LogP contribution < -0.4 is 10.6 Å². The van der Waals surface area contributed by atoms with Gasteiger partial charge in [-0.05, 0) is 36.5 Å². The van der Waals surface area contributed by atoms with E-state index in [0.29, 0.717) is 17.4 Å². The zero-order valence-electron chi connectivity index (χ0n) is 14.4. The van der Waals surface area contributed by atoms with E-state index < -0.39 is 11.7 Å². The summed E-state index contributed by atoms with van der Waals surface area (Å²) < 4.78 is 38.3. The van der Waals surface area contributed by atoms with E-state index in [-0.39, 0.29) is 19.0 Å². The number of benzene rings is 1. The Morgan fingerprint density at radius 3 is 2.60 bits per heavy atom. The second-order valence-electron chi connectivity index (χ2n) is 6.33. The lowest BCUT2D eigenvalue weighted by molar-refractivity contribution is -0.137. The number of rotatable bonds is 6. The van der Waals surface area contributed by atoms with Gasteiger partial charge in [0.25, 0.3) is 0 Å². The SMILES string of the molecule is CN(C)C(=O)CNC(=NCc1cccc(C(F)(F)F)c1)NCC1CC1. The van der Waals surface area contributed by atoms with Crippen LogP contribution in [-0.2, 0) is 17.5 Å². The van der Waals surface area contributed by atoms with Crippen molar-refractivity contribution < 1.29 is 18.0 Å². The highest BCUT2D eigenvalue weighted by molar-refractivity contribution is 5.86. The van der Waals surface area contributed by atoms with Gasteiger partial charge >= 0.3 is 6.18 Å². The molecule has 0 unspecified atom stereocenters. The first-order chi connectivity index (χ1) is 11.8. The minimum absolute atomic E-state index is 0.0755. The van der Waals surface area contributed by atoms with Crippen molar-refractivity contribution in [3.63, 3.8) is 0 Å². The summed E-state index contributed by atoms with van der Waals surface area (Å²) in [4.78, 5) is 17.4. The summed E-state index contributed by atoms with van der Waals surface area (Å²) >= 11 is 0. The smallest absolute Gasteiger partial charge is 0.356 e. The third-order valence-electron chi connectivity index (χ3n) is 3.84. The van der Waals surface area contributed by atoms with Gasteiger partial charge in [0, 0.05) is 20.6 Å². The van der Waals surface area contributed by atoms with E-state index in [1.165, 1.54) is 11.0 Å². The number of aliphatic imine (C=N–C) groups is 1. The van der Waals surface area contributed by atoms with Gasteiger partial charge in [-0.25, -0.2) is 4.99 Å². The molecule has 8 heteroatoms. The molecule has 0 radical (unpaired) electrons. The first-order valence-corrected chi connectivity index (χ1v) is 8.14. The zero-order valence-corrected chi connectivity index (χ0v) is 14.4. The Balaban J connectivity index is 2.00. The Hall–Kier alpha value is -2.25. The number of alkyl halides is 3. The Kier molecular flexibility index (Phi) is 6.27. The second kappa shape index (κ2) is 8.22. The highest BCUT2D eigenvalue weighted by Gasteiger charge is 2.30. The summed E-state index contributed by atoms with van der Waals surface area (Å²) in [7, 11) is 3.31. The topological polar surface area (TPSA) is 56.7 Å². The van der Waals surface area contributed by atoms with E-state index in [1.54, 1.807) is 20.2 Å². The summed E-state index contributed by atoms with van der Waals surface area (Å²) in [6.07, 6.45) is -2.06. The van der Waals surface area contributed by atoms with Crippen molar-refractivity contribution in [3.8, 4) is 0 Å². The molecule has 1 saturated carbocycles. The van der Waals surface area contributed by atoms with Crippen molar-refractivity contribution in [2.75, 3.05) is 27.2 Å². The lowest BCUT2D eigenvalue weighted by Crippen LogP contribution is -2.43. The molecule has 0 bridgehead atoms. The fourth-order valence-electron chi connectivity index (χ4n) is 2.07. The summed E-state index contributed by atoms with van der Waals surface area (Å²) in [6, 6.07) is 5.09. The lowest BCUT2D eigenvalue weighted by Gasteiger charge is -2.15. The minimum Gasteiger partial charge on any atom is -0.356 e. The molecule has 1 amide bonds. The average molecular weight is 356 g/mol. The van der Waals surface area contributed by atoms with Gasteiger partial charge in [-0.2, -0.15) is 13.2 Å². The number of nitrogens with zero attached hydrogens (tertiary/aromatic N) is 2. The highest BCUT2D eigenvalue weighted by Crippen LogP contribution is 2.29. The van der Waals surface area contributed by atoms with Crippen molar-refractivity contribution in [3.05, 3.63) is 35.4 Å². The monoisotopic (exact) mass is 356 g/mol. The zero-order chi connectivity index (χ0) is 18.4. The van der Waals surface area contributed by atoms with E-state index >= 15 is 0 Å². The van der Waals surface area contributed by atoms with Crippen molar-refractivity contribution >= 4 is 11.9 Å². The van der Waals surface area contributed by atoms with Gasteiger partial charge in [-0.1, -0.05) is 12.1 Å². The van der Waals surface area contributed by atoms with Crippen LogP contribution in [0.25, 0.3) is 0 Å². The molecule has 1 aromatic rings. The van der Waals surface area contributed by atoms with Crippen molar-refractivity contribution in [2.24, 2.45) is 10.9 Å². The summed E-state index contributed by atoms with van der Waals surface area (Å²) in [5, 5.41) is 6.06. The van der Waals surface area contributed by atoms with Gasteiger partial charge < -0.3 is 15.5 Å². The number of hydrogen-bond donors (Lipinski definition) is 2. The minimum atomic E-state index is -4.37. The Bertz CT molecular complexity index is 625. The van der Waals surface area contributed by atoms with Crippen LogP contribution >= 0.6 is 0 Å². The van der Waals surface area contributed by atoms with Crippen LogP contribution in [0.5, 0.6) is 0 Å². The number of carbonyl (C=O) groups excluding carboxylic acids is 1. The molecular formula is C17H23F3N4O. The van der Waals surface area contributed by atoms with Crippen LogP contribution in [0.3, 0.4) is 0 Å². The number of carbonyl (C=O) groups is 1. The Morgan fingerprint density at radius 1 is 1.28 bits per heavy atom. The van der Waals surface area contributed by atoms with E-state index in [2.05, 4.69) is 15.6 Å². The number of guanidine groups is 1. The molecule has 0 heterocycles. The highest BCUT2D eigenvalue weighted by atomic mass is 19.4. The normalized spacial score (nSPS) is 15.0. The molecular weight excluding hydrogens is 333 g/mol. The molecule has 1 aliphatic rings. The molecule has 1 aromatic carbocycles. The van der Waals surface area contributed by atoms with Crippen molar-refractivity contribution in [1.82, 2.24) is 15.5 Å². The van der Waals surface area contributed by atoms with Gasteiger partial charge in [0.05, 0.1) is 18.7 Å². The van der Waals surface area contributed by atoms with Crippen molar-refractivity contribution in [2.45, 2.75) is 25.6 Å². The predicted molar refractivity (Wildman–Crippen MR) is 90.0 cm³/mol. The summed E-state index contributed by atoms with van der Waals surface area (Å²) in [6.45, 7) is 0.913. The lowest BCUT2D eigenvalue weighted by atomic mass is 10.1. The van der Waals surface area contributed by atoms with E-state index in [9.17, 15) is 18.0 Å². The summed E-state index contributed by atoms with van der Waals surface area (Å²) in [5.74, 6) is 0.921. The third kappa shape index (κ3) is 6.64. The van der Waals surface area contributed by atoms with E-state index in [0.717, 1.165) is 31.5 Å². The van der Waals surface area contributed by atoms with Crippen LogP contribution in [0, 0.1) is 5.92 Å². The fourth-order valence-corrected chi connectivity index (χ4v) is 2.07. The van der Waals surface area contributed by atoms with Gasteiger partial charge in [0.2, 0.25) is 5.91 Å². The first kappa shape index (κ1) is 19.1. The first-order valence-electron chi connectivity index (χ1n) is 8.14. The number of hydrogen-bond acceptors (Lipinski definition) is 2. The molecule has 1 aliphatic carbocycles.